The molecular formula is C21H23F6N3O. The molecule has 2 heterocycles. The Balaban J connectivity index is 1.64. The van der Waals surface area contributed by atoms with Gasteiger partial charge >= 0.3 is 12.4 Å². The lowest BCUT2D eigenvalue weighted by Gasteiger charge is -2.29. The maximum atomic E-state index is 13.4. The highest BCUT2D eigenvalue weighted by Gasteiger charge is 2.45. The Morgan fingerprint density at radius 2 is 1.97 bits per heavy atom. The fraction of sp³-hybridized carbons (Fsp3) is 0.571. The minimum absolute atomic E-state index is 0.0562. The molecule has 0 radical (unpaired) electrons. The molecule has 10 heteroatoms. The van der Waals surface area contributed by atoms with Crippen molar-refractivity contribution >= 4 is 10.9 Å². The minimum Gasteiger partial charge on any atom is -0.387 e. The zero-order valence-electron chi connectivity index (χ0n) is 16.6. The Bertz CT molecular complexity index is 949. The maximum Gasteiger partial charge on any atom is 0.433 e. The first-order chi connectivity index (χ1) is 14.5. The molecule has 31 heavy (non-hydrogen) atoms. The molecule has 2 fully saturated rings. The molecule has 170 valence electrons. The number of fused-ring (bicyclic) bond motifs is 2. The van der Waals surface area contributed by atoms with Crippen LogP contribution >= 0.6 is 0 Å². The Hall–Kier alpha value is -1.91. The van der Waals surface area contributed by atoms with Gasteiger partial charge in [-0.05, 0) is 48.4 Å². The van der Waals surface area contributed by atoms with Crippen molar-refractivity contribution in [3.05, 3.63) is 41.1 Å². The van der Waals surface area contributed by atoms with Crippen molar-refractivity contribution in [3.63, 3.8) is 0 Å². The highest BCUT2D eigenvalue weighted by atomic mass is 19.4. The number of alkyl halides is 6. The summed E-state index contributed by atoms with van der Waals surface area (Å²) >= 11 is 0. The number of pyridine rings is 1. The number of hydrogen-bond donors (Lipinski definition) is 3. The second-order valence-electron chi connectivity index (χ2n) is 8.52. The number of hydrogen-bond acceptors (Lipinski definition) is 4. The predicted octanol–water partition coefficient (Wildman–Crippen LogP) is 4.29. The molecule has 1 aliphatic heterocycles. The molecular weight excluding hydrogens is 424 g/mol. The predicted molar refractivity (Wildman–Crippen MR) is 102 cm³/mol. The van der Waals surface area contributed by atoms with Crippen LogP contribution in [0.15, 0.2) is 24.3 Å². The van der Waals surface area contributed by atoms with E-state index in [9.17, 15) is 31.4 Å². The van der Waals surface area contributed by atoms with Gasteiger partial charge < -0.3 is 15.7 Å². The van der Waals surface area contributed by atoms with Crippen molar-refractivity contribution in [3.8, 4) is 0 Å². The van der Waals surface area contributed by atoms with Gasteiger partial charge in [0.05, 0.1) is 17.2 Å². The molecule has 1 aromatic heterocycles. The monoisotopic (exact) mass is 447 g/mol. The summed E-state index contributed by atoms with van der Waals surface area (Å²) in [5.74, 6) is 0.519. The Morgan fingerprint density at radius 1 is 1.19 bits per heavy atom. The highest BCUT2D eigenvalue weighted by molar-refractivity contribution is 5.86. The molecule has 3 N–H and O–H groups in total. The quantitative estimate of drug-likeness (QED) is 0.599. The molecule has 0 bridgehead atoms. The fourth-order valence-electron chi connectivity index (χ4n) is 5.04. The van der Waals surface area contributed by atoms with E-state index in [1.54, 1.807) is 0 Å². The Labute approximate surface area is 175 Å². The molecule has 0 spiro atoms. The summed E-state index contributed by atoms with van der Waals surface area (Å²) < 4.78 is 80.2. The number of aliphatic hydroxyl groups excluding tert-OH is 1. The molecule has 1 saturated heterocycles. The fourth-order valence-corrected chi connectivity index (χ4v) is 5.04. The lowest BCUT2D eigenvalue weighted by atomic mass is 9.80. The molecule has 3 atom stereocenters. The second kappa shape index (κ2) is 7.90. The van der Waals surface area contributed by atoms with Crippen LogP contribution in [0.4, 0.5) is 26.3 Å². The van der Waals surface area contributed by atoms with Crippen molar-refractivity contribution in [1.82, 2.24) is 15.6 Å². The van der Waals surface area contributed by atoms with Crippen LogP contribution in [0.25, 0.3) is 10.9 Å². The number of halogens is 6. The number of nitrogens with zero attached hydrogens (tertiary/aromatic N) is 1. The maximum absolute atomic E-state index is 13.4. The normalized spacial score (nSPS) is 25.2. The second-order valence-corrected chi connectivity index (χ2v) is 8.52. The van der Waals surface area contributed by atoms with Crippen LogP contribution in [-0.2, 0) is 12.4 Å². The van der Waals surface area contributed by atoms with Gasteiger partial charge in [0.15, 0.2) is 0 Å². The van der Waals surface area contributed by atoms with E-state index in [2.05, 4.69) is 15.6 Å². The van der Waals surface area contributed by atoms with E-state index in [-0.39, 0.29) is 22.9 Å². The molecule has 2 aliphatic rings. The third kappa shape index (κ3) is 4.25. The zero-order chi connectivity index (χ0) is 22.4. The third-order valence-electron chi connectivity index (χ3n) is 6.60. The number of aromatic nitrogens is 1. The first-order valence-electron chi connectivity index (χ1n) is 10.2. The van der Waals surface area contributed by atoms with Crippen molar-refractivity contribution in [2.24, 2.45) is 11.3 Å². The van der Waals surface area contributed by atoms with Crippen LogP contribution in [0, 0.1) is 11.3 Å². The number of benzene rings is 1. The van der Waals surface area contributed by atoms with Gasteiger partial charge in [-0.15, -0.1) is 0 Å². The van der Waals surface area contributed by atoms with Crippen molar-refractivity contribution in [2.75, 3.05) is 26.2 Å². The standard InChI is InChI=1S/C21H23F6N3O/c22-20(23,24)15-5-1-4-13-14(7-17(21(25,26)27)30-18(13)15)16(31)9-29-11-19-6-2-3-12(19)8-28-10-19/h1,4-5,7,12,16,28-29,31H,2-3,6,8-11H2/t12-,16?,19+/m0/s1. The summed E-state index contributed by atoms with van der Waals surface area (Å²) in [5.41, 5.74) is -3.70. The summed E-state index contributed by atoms with van der Waals surface area (Å²) in [5, 5.41) is 17.0. The lowest BCUT2D eigenvalue weighted by Crippen LogP contribution is -2.39. The lowest BCUT2D eigenvalue weighted by molar-refractivity contribution is -0.142. The van der Waals surface area contributed by atoms with Crippen molar-refractivity contribution < 1.29 is 31.4 Å². The summed E-state index contributed by atoms with van der Waals surface area (Å²) in [6.07, 6.45) is -7.98. The topological polar surface area (TPSA) is 57.2 Å². The first-order valence-corrected chi connectivity index (χ1v) is 10.2. The van der Waals surface area contributed by atoms with Crippen LogP contribution in [-0.4, -0.2) is 36.3 Å². The van der Waals surface area contributed by atoms with E-state index in [1.165, 1.54) is 6.07 Å². The summed E-state index contributed by atoms with van der Waals surface area (Å²) in [6.45, 7) is 2.28. The van der Waals surface area contributed by atoms with Gasteiger partial charge in [-0.3, -0.25) is 0 Å². The molecule has 1 aromatic carbocycles. The van der Waals surface area contributed by atoms with E-state index in [0.717, 1.165) is 38.4 Å². The molecule has 1 saturated carbocycles. The number of para-hydroxylation sites is 1. The minimum atomic E-state index is -4.94. The van der Waals surface area contributed by atoms with Gasteiger partial charge in [0.2, 0.25) is 0 Å². The molecule has 0 amide bonds. The summed E-state index contributed by atoms with van der Waals surface area (Å²) in [6, 6.07) is 3.69. The van der Waals surface area contributed by atoms with Crippen LogP contribution in [0.3, 0.4) is 0 Å². The van der Waals surface area contributed by atoms with Gasteiger partial charge in [0.1, 0.15) is 5.69 Å². The van der Waals surface area contributed by atoms with Crippen LogP contribution in [0.2, 0.25) is 0 Å². The molecule has 1 unspecified atom stereocenters. The van der Waals surface area contributed by atoms with E-state index < -0.39 is 35.2 Å². The largest absolute Gasteiger partial charge is 0.433 e. The summed E-state index contributed by atoms with van der Waals surface area (Å²) in [7, 11) is 0. The number of rotatable bonds is 5. The highest BCUT2D eigenvalue weighted by Crippen LogP contribution is 2.45. The molecule has 4 rings (SSSR count). The average molecular weight is 447 g/mol. The molecule has 2 aromatic rings. The van der Waals surface area contributed by atoms with E-state index in [0.29, 0.717) is 24.6 Å². The van der Waals surface area contributed by atoms with Crippen molar-refractivity contribution in [1.29, 1.82) is 0 Å². The SMILES string of the molecule is OC(CNC[C@]12CCC[C@H]1CNC2)c1cc(C(F)(F)F)nc2c(C(F)(F)F)cccc12. The Morgan fingerprint density at radius 3 is 2.68 bits per heavy atom. The first kappa shape index (κ1) is 22.3. The summed E-state index contributed by atoms with van der Waals surface area (Å²) in [4.78, 5) is 3.26. The van der Waals surface area contributed by atoms with Gasteiger partial charge in [-0.2, -0.15) is 26.3 Å². The molecule has 4 nitrogen and oxygen atoms in total. The van der Waals surface area contributed by atoms with Gasteiger partial charge in [-0.1, -0.05) is 18.6 Å². The smallest absolute Gasteiger partial charge is 0.387 e. The van der Waals surface area contributed by atoms with Crippen LogP contribution < -0.4 is 10.6 Å². The number of nitrogens with one attached hydrogen (secondary N) is 2. The number of aliphatic hydroxyl groups is 1. The molecule has 1 aliphatic carbocycles. The average Bonchev–Trinajstić information content (AvgIpc) is 3.25. The van der Waals surface area contributed by atoms with Crippen LogP contribution in [0.5, 0.6) is 0 Å². The van der Waals surface area contributed by atoms with Gasteiger partial charge in [-0.25, -0.2) is 4.98 Å². The van der Waals surface area contributed by atoms with E-state index in [4.69, 9.17) is 0 Å². The van der Waals surface area contributed by atoms with Gasteiger partial charge in [0, 0.05) is 25.0 Å². The van der Waals surface area contributed by atoms with E-state index >= 15 is 0 Å². The van der Waals surface area contributed by atoms with Gasteiger partial charge in [0.25, 0.3) is 0 Å². The van der Waals surface area contributed by atoms with Crippen molar-refractivity contribution in [2.45, 2.75) is 37.7 Å². The zero-order valence-corrected chi connectivity index (χ0v) is 16.6. The third-order valence-corrected chi connectivity index (χ3v) is 6.60. The van der Waals surface area contributed by atoms with E-state index in [1.807, 2.05) is 0 Å². The van der Waals surface area contributed by atoms with Crippen LogP contribution in [0.1, 0.15) is 42.2 Å². The Kier molecular flexibility index (Phi) is 5.68.